The van der Waals surface area contributed by atoms with Crippen molar-refractivity contribution < 1.29 is 4.42 Å². The average molecular weight is 781 g/mol. The molecule has 0 aliphatic carbocycles. The quantitative estimate of drug-likeness (QED) is 0.168. The van der Waals surface area contributed by atoms with E-state index in [1.807, 2.05) is 11.3 Å². The summed E-state index contributed by atoms with van der Waals surface area (Å²) >= 11 is 1.85. The Morgan fingerprint density at radius 1 is 0.417 bits per heavy atom. The fraction of sp³-hybridized carbons (Fsp3) is 0. The van der Waals surface area contributed by atoms with E-state index in [4.69, 9.17) is 14.4 Å². The molecular weight excluding hydrogens is 753 g/mol. The number of rotatable bonds is 3. The molecule has 0 atom stereocenters. The second-order valence-electron chi connectivity index (χ2n) is 16.1. The molecule has 0 radical (unpaired) electrons. The summed E-state index contributed by atoms with van der Waals surface area (Å²) < 4.78 is 14.0. The molecule has 0 fully saturated rings. The van der Waals surface area contributed by atoms with Gasteiger partial charge in [0, 0.05) is 63.4 Å². The second-order valence-corrected chi connectivity index (χ2v) is 17.2. The first kappa shape index (κ1) is 31.2. The summed E-state index contributed by atoms with van der Waals surface area (Å²) in [7, 11) is 0. The lowest BCUT2D eigenvalue weighted by Crippen LogP contribution is -2.04. The van der Waals surface area contributed by atoms with E-state index in [1.165, 1.54) is 63.9 Å². The lowest BCUT2D eigenvalue weighted by Gasteiger charge is -2.14. The Labute approximate surface area is 344 Å². The molecule has 6 heterocycles. The van der Waals surface area contributed by atoms with Crippen molar-refractivity contribution in [3.05, 3.63) is 170 Å². The maximum Gasteiger partial charge on any atom is 0.235 e. The van der Waals surface area contributed by atoms with E-state index in [0.717, 1.165) is 71.4 Å². The van der Waals surface area contributed by atoms with Crippen molar-refractivity contribution >= 4 is 124 Å². The molecule has 0 saturated carbocycles. The van der Waals surface area contributed by atoms with Gasteiger partial charge < -0.3 is 8.82 Å². The van der Waals surface area contributed by atoms with Crippen LogP contribution >= 0.6 is 11.3 Å². The Morgan fingerprint density at radius 3 is 2.05 bits per heavy atom. The van der Waals surface area contributed by atoms with Gasteiger partial charge in [-0.15, -0.1) is 11.3 Å². The molecular formula is C54H28N4OS. The number of furan rings is 1. The predicted molar refractivity (Wildman–Crippen MR) is 251 cm³/mol. The second kappa shape index (κ2) is 11.0. The van der Waals surface area contributed by atoms with Crippen molar-refractivity contribution in [3.63, 3.8) is 0 Å². The molecule has 276 valence electrons. The van der Waals surface area contributed by atoms with Crippen LogP contribution in [0.25, 0.3) is 141 Å². The minimum absolute atomic E-state index is 0.642. The number of para-hydroxylation sites is 1. The fourth-order valence-electron chi connectivity index (χ4n) is 10.5. The van der Waals surface area contributed by atoms with Gasteiger partial charge in [0.15, 0.2) is 0 Å². The summed E-state index contributed by atoms with van der Waals surface area (Å²) in [5.74, 6) is 0.642. The van der Waals surface area contributed by atoms with E-state index >= 15 is 0 Å². The summed E-state index contributed by atoms with van der Waals surface area (Å²) in [5.41, 5.74) is 12.7. The van der Waals surface area contributed by atoms with Crippen molar-refractivity contribution in [2.24, 2.45) is 0 Å². The molecule has 0 aliphatic rings. The van der Waals surface area contributed by atoms with Crippen LogP contribution in [0.1, 0.15) is 0 Å². The SMILES string of the molecule is c1ccc2c(c1)ccc1c(-c3ccc(-c4ccc5c(c4)sc4ccccc45)cc3)nc(-n3c4ccc5oc6cccc7c6c5c4c4c3ccc3c5ccccc5n7c34)nc12. The van der Waals surface area contributed by atoms with Crippen LogP contribution < -0.4 is 0 Å². The number of aromatic nitrogens is 4. The van der Waals surface area contributed by atoms with Crippen molar-refractivity contribution in [1.82, 2.24) is 18.9 Å². The van der Waals surface area contributed by atoms with E-state index in [0.29, 0.717) is 5.95 Å². The van der Waals surface area contributed by atoms with Gasteiger partial charge >= 0.3 is 0 Å². The van der Waals surface area contributed by atoms with Crippen molar-refractivity contribution in [2.75, 3.05) is 0 Å². The summed E-state index contributed by atoms with van der Waals surface area (Å²) in [5, 5.41) is 13.0. The highest BCUT2D eigenvalue weighted by Gasteiger charge is 2.27. The summed E-state index contributed by atoms with van der Waals surface area (Å²) in [4.78, 5) is 11.1. The minimum Gasteiger partial charge on any atom is -0.456 e. The van der Waals surface area contributed by atoms with Crippen molar-refractivity contribution in [2.45, 2.75) is 0 Å². The first-order valence-corrected chi connectivity index (χ1v) is 21.1. The lowest BCUT2D eigenvalue weighted by atomic mass is 9.99. The lowest BCUT2D eigenvalue weighted by molar-refractivity contribution is 0.669. The molecule has 15 aromatic rings. The molecule has 6 aromatic heterocycles. The predicted octanol–water partition coefficient (Wildman–Crippen LogP) is 14.9. The van der Waals surface area contributed by atoms with Crippen LogP contribution in [0.15, 0.2) is 174 Å². The molecule has 60 heavy (non-hydrogen) atoms. The third kappa shape index (κ3) is 3.87. The van der Waals surface area contributed by atoms with Crippen molar-refractivity contribution in [3.8, 4) is 28.3 Å². The summed E-state index contributed by atoms with van der Waals surface area (Å²) in [6.45, 7) is 0. The minimum atomic E-state index is 0.642. The normalized spacial score (nSPS) is 12.7. The van der Waals surface area contributed by atoms with Crippen molar-refractivity contribution in [1.29, 1.82) is 0 Å². The van der Waals surface area contributed by atoms with E-state index in [2.05, 4.69) is 179 Å². The Balaban J connectivity index is 1.02. The molecule has 0 spiro atoms. The van der Waals surface area contributed by atoms with Crippen LogP contribution in [0.3, 0.4) is 0 Å². The smallest absolute Gasteiger partial charge is 0.235 e. The number of hydrogen-bond acceptors (Lipinski definition) is 4. The van der Waals surface area contributed by atoms with Gasteiger partial charge in [-0.25, -0.2) is 9.97 Å². The highest BCUT2D eigenvalue weighted by Crippen LogP contribution is 2.49. The maximum absolute atomic E-state index is 6.62. The van der Waals surface area contributed by atoms with E-state index in [9.17, 15) is 0 Å². The molecule has 5 nitrogen and oxygen atoms in total. The van der Waals surface area contributed by atoms with E-state index in [1.54, 1.807) is 0 Å². The van der Waals surface area contributed by atoms with Crippen LogP contribution in [-0.2, 0) is 0 Å². The molecule has 0 bridgehead atoms. The zero-order chi connectivity index (χ0) is 38.8. The number of thiophene rings is 1. The number of fused-ring (bicyclic) bond motifs is 10. The van der Waals surface area contributed by atoms with E-state index < -0.39 is 0 Å². The Morgan fingerprint density at radius 2 is 1.12 bits per heavy atom. The zero-order valence-electron chi connectivity index (χ0n) is 31.8. The van der Waals surface area contributed by atoms with Gasteiger partial charge in [-0.05, 0) is 71.1 Å². The van der Waals surface area contributed by atoms with Gasteiger partial charge in [-0.3, -0.25) is 4.57 Å². The van der Waals surface area contributed by atoms with Gasteiger partial charge in [-0.1, -0.05) is 115 Å². The Hall–Kier alpha value is -7.80. The third-order valence-corrected chi connectivity index (χ3v) is 14.2. The molecule has 0 N–H and O–H groups in total. The van der Waals surface area contributed by atoms with E-state index in [-0.39, 0.29) is 0 Å². The first-order chi connectivity index (χ1) is 29.7. The van der Waals surface area contributed by atoms with Gasteiger partial charge in [0.05, 0.1) is 44.2 Å². The monoisotopic (exact) mass is 780 g/mol. The zero-order valence-corrected chi connectivity index (χ0v) is 32.6. The van der Waals surface area contributed by atoms with Crippen LogP contribution in [-0.4, -0.2) is 18.9 Å². The largest absolute Gasteiger partial charge is 0.456 e. The fourth-order valence-corrected chi connectivity index (χ4v) is 11.6. The Kier molecular flexibility index (Phi) is 5.74. The highest BCUT2D eigenvalue weighted by molar-refractivity contribution is 7.25. The van der Waals surface area contributed by atoms with Crippen LogP contribution in [0.4, 0.5) is 0 Å². The topological polar surface area (TPSA) is 48.3 Å². The number of benzene rings is 9. The molecule has 15 rings (SSSR count). The molecule has 9 aromatic carbocycles. The molecule has 0 unspecified atom stereocenters. The average Bonchev–Trinajstić information content (AvgIpc) is 4.03. The van der Waals surface area contributed by atoms with Crippen LogP contribution in [0.5, 0.6) is 0 Å². The highest BCUT2D eigenvalue weighted by atomic mass is 32.1. The first-order valence-electron chi connectivity index (χ1n) is 20.3. The number of hydrogen-bond donors (Lipinski definition) is 0. The number of nitrogens with zero attached hydrogens (tertiary/aromatic N) is 4. The standard InChI is InChI=1S/C54H28N4OS/c1-2-9-33-30(8-1)20-23-38-51(31-18-16-29(17-19-31)32-21-22-36-35-11-4-6-15-45(35)60-46(36)28-32)55-54(56-52(33)38)58-41-26-27-44-50-47-40(13-7-14-43(47)59-44)57-39-12-5-3-10-34(39)37-24-25-42(58)49(48(41)50)53(37)57/h1-28H. The Bertz CT molecular complexity index is 4300. The van der Waals surface area contributed by atoms with Crippen LogP contribution in [0, 0.1) is 0 Å². The summed E-state index contributed by atoms with van der Waals surface area (Å²) in [6, 6.07) is 61.4. The maximum atomic E-state index is 6.62. The van der Waals surface area contributed by atoms with Crippen LogP contribution in [0.2, 0.25) is 0 Å². The van der Waals surface area contributed by atoms with Gasteiger partial charge in [-0.2, -0.15) is 0 Å². The molecule has 0 saturated heterocycles. The third-order valence-electron chi connectivity index (χ3n) is 13.1. The molecule has 0 amide bonds. The molecule has 6 heteroatoms. The summed E-state index contributed by atoms with van der Waals surface area (Å²) in [6.07, 6.45) is 0. The molecule has 0 aliphatic heterocycles. The van der Waals surface area contributed by atoms with Gasteiger partial charge in [0.1, 0.15) is 11.2 Å². The van der Waals surface area contributed by atoms with Gasteiger partial charge in [0.2, 0.25) is 5.95 Å². The van der Waals surface area contributed by atoms with Gasteiger partial charge in [0.25, 0.3) is 0 Å².